The molecule has 0 spiro atoms. The fraction of sp³-hybridized carbons (Fsp3) is 0.444. The molecule has 1 aromatic rings. The Morgan fingerprint density at radius 3 is 2.64 bits per heavy atom. The summed E-state index contributed by atoms with van der Waals surface area (Å²) in [6, 6.07) is 9.15. The maximum Gasteiger partial charge on any atom is 0.183 e. The highest BCUT2D eigenvalue weighted by molar-refractivity contribution is 8.04. The average Bonchev–Trinajstić information content (AvgIpc) is 2.67. The Labute approximate surface area is 136 Å². The molecule has 2 rings (SSSR count). The molecule has 1 aliphatic rings. The second-order valence-corrected chi connectivity index (χ2v) is 6.60. The molecule has 1 aromatic carbocycles. The van der Waals surface area contributed by atoms with E-state index in [1.54, 1.807) is 0 Å². The Hall–Kier alpha value is -1.39. The van der Waals surface area contributed by atoms with Gasteiger partial charge in [-0.05, 0) is 17.7 Å². The van der Waals surface area contributed by atoms with E-state index in [0.717, 1.165) is 17.7 Å². The summed E-state index contributed by atoms with van der Waals surface area (Å²) in [7, 11) is 0. The Balaban J connectivity index is 1.99. The molecule has 3 nitrogen and oxygen atoms in total. The summed E-state index contributed by atoms with van der Waals surface area (Å²) in [6.07, 6.45) is 6.23. The summed E-state index contributed by atoms with van der Waals surface area (Å²) in [6.45, 7) is 2.40. The predicted octanol–water partition coefficient (Wildman–Crippen LogP) is 3.67. The van der Waals surface area contributed by atoms with Crippen molar-refractivity contribution in [2.45, 2.75) is 38.6 Å². The molecular formula is C18H23NO2S. The van der Waals surface area contributed by atoms with Crippen LogP contribution in [0.4, 0.5) is 0 Å². The van der Waals surface area contributed by atoms with Gasteiger partial charge < -0.3 is 0 Å². The molecule has 22 heavy (non-hydrogen) atoms. The third-order valence-corrected chi connectivity index (χ3v) is 4.84. The number of benzene rings is 1. The van der Waals surface area contributed by atoms with Gasteiger partial charge in [0.2, 0.25) is 0 Å². The lowest BCUT2D eigenvalue weighted by molar-refractivity contribution is -0.116. The number of carbonyl (C=O) groups excluding carboxylic acids is 2. The van der Waals surface area contributed by atoms with E-state index in [2.05, 4.69) is 12.2 Å². The number of unbranched alkanes of at least 4 members (excludes halogenated alkanes) is 3. The molecule has 0 radical (unpaired) electrons. The fourth-order valence-electron chi connectivity index (χ4n) is 2.44. The highest BCUT2D eigenvalue weighted by Gasteiger charge is 2.25. The van der Waals surface area contributed by atoms with Crippen molar-refractivity contribution < 1.29 is 9.59 Å². The zero-order valence-electron chi connectivity index (χ0n) is 13.0. The maximum absolute atomic E-state index is 12.4. The van der Waals surface area contributed by atoms with Crippen molar-refractivity contribution in [3.8, 4) is 0 Å². The summed E-state index contributed by atoms with van der Waals surface area (Å²) >= 11 is 1.52. The second-order valence-electron chi connectivity index (χ2n) is 5.47. The Morgan fingerprint density at radius 1 is 1.14 bits per heavy atom. The summed E-state index contributed by atoms with van der Waals surface area (Å²) in [5.41, 5.74) is 0.908. The molecule has 0 bridgehead atoms. The standard InChI is InChI=1S/C18H23NO2S/c1-2-3-4-8-11-22-17-12-15(20)18(19-13-16(17)21)14-9-6-5-7-10-14/h5-7,9-10,12,18-19H,2-4,8,11,13H2,1H3. The number of hydrogen-bond acceptors (Lipinski definition) is 4. The first-order valence-electron chi connectivity index (χ1n) is 7.92. The van der Waals surface area contributed by atoms with Crippen molar-refractivity contribution in [3.05, 3.63) is 46.9 Å². The monoisotopic (exact) mass is 317 g/mol. The molecule has 1 atom stereocenters. The molecular weight excluding hydrogens is 294 g/mol. The number of rotatable bonds is 7. The van der Waals surface area contributed by atoms with Crippen molar-refractivity contribution in [3.63, 3.8) is 0 Å². The first kappa shape index (κ1) is 17.0. The molecule has 1 N–H and O–H groups in total. The molecule has 0 aliphatic carbocycles. The summed E-state index contributed by atoms with van der Waals surface area (Å²) in [5.74, 6) is 0.890. The lowest BCUT2D eigenvalue weighted by Gasteiger charge is -2.13. The Morgan fingerprint density at radius 2 is 1.91 bits per heavy atom. The number of thioether (sulfide) groups is 1. The van der Waals surface area contributed by atoms with E-state index < -0.39 is 6.04 Å². The maximum atomic E-state index is 12.4. The van der Waals surface area contributed by atoms with Crippen LogP contribution in [0.25, 0.3) is 0 Å². The molecule has 0 saturated heterocycles. The van der Waals surface area contributed by atoms with Gasteiger partial charge in [-0.15, -0.1) is 11.8 Å². The van der Waals surface area contributed by atoms with E-state index in [4.69, 9.17) is 0 Å². The summed E-state index contributed by atoms with van der Waals surface area (Å²) < 4.78 is 0. The fourth-order valence-corrected chi connectivity index (χ4v) is 3.44. The Kier molecular flexibility index (Phi) is 6.87. The van der Waals surface area contributed by atoms with E-state index >= 15 is 0 Å². The number of nitrogens with one attached hydrogen (secondary N) is 1. The molecule has 1 aliphatic heterocycles. The highest BCUT2D eigenvalue weighted by Crippen LogP contribution is 2.24. The zero-order valence-corrected chi connectivity index (χ0v) is 13.8. The number of Topliss-reactive ketones (excluding diaryl/α,β-unsaturated/α-hetero) is 1. The van der Waals surface area contributed by atoms with Crippen LogP contribution in [0.3, 0.4) is 0 Å². The molecule has 118 valence electrons. The number of carbonyl (C=O) groups is 2. The van der Waals surface area contributed by atoms with E-state index in [0.29, 0.717) is 4.91 Å². The SMILES string of the molecule is CCCCCCSC1=CC(=O)C(c2ccccc2)NCC1=O. The van der Waals surface area contributed by atoms with Crippen LogP contribution in [0.15, 0.2) is 41.3 Å². The minimum Gasteiger partial charge on any atom is -0.296 e. The predicted molar refractivity (Wildman–Crippen MR) is 91.9 cm³/mol. The molecule has 0 fully saturated rings. The van der Waals surface area contributed by atoms with Gasteiger partial charge in [-0.25, -0.2) is 0 Å². The minimum absolute atomic E-state index is 0.0206. The van der Waals surface area contributed by atoms with Gasteiger partial charge in [0, 0.05) is 6.08 Å². The van der Waals surface area contributed by atoms with Crippen molar-refractivity contribution in [2.24, 2.45) is 0 Å². The molecule has 0 aromatic heterocycles. The van der Waals surface area contributed by atoms with E-state index in [1.165, 1.54) is 37.1 Å². The molecule has 4 heteroatoms. The first-order valence-corrected chi connectivity index (χ1v) is 8.90. The second kappa shape index (κ2) is 8.91. The molecule has 0 saturated carbocycles. The summed E-state index contributed by atoms with van der Waals surface area (Å²) in [4.78, 5) is 25.2. The van der Waals surface area contributed by atoms with E-state index in [9.17, 15) is 9.59 Å². The van der Waals surface area contributed by atoms with Crippen molar-refractivity contribution in [1.29, 1.82) is 0 Å². The van der Waals surface area contributed by atoms with Crippen LogP contribution in [0.2, 0.25) is 0 Å². The van der Waals surface area contributed by atoms with Crippen molar-refractivity contribution >= 4 is 23.3 Å². The third-order valence-electron chi connectivity index (χ3n) is 3.69. The van der Waals surface area contributed by atoms with Gasteiger partial charge in [0.25, 0.3) is 0 Å². The normalized spacial score (nSPS) is 19.0. The van der Waals surface area contributed by atoms with E-state index in [-0.39, 0.29) is 18.1 Å². The lowest BCUT2D eigenvalue weighted by Crippen LogP contribution is -2.29. The van der Waals surface area contributed by atoms with Gasteiger partial charge >= 0.3 is 0 Å². The minimum atomic E-state index is -0.414. The van der Waals surface area contributed by atoms with Gasteiger partial charge in [-0.3, -0.25) is 14.9 Å². The van der Waals surface area contributed by atoms with E-state index in [1.807, 2.05) is 30.3 Å². The summed E-state index contributed by atoms with van der Waals surface area (Å²) in [5, 5.41) is 3.07. The molecule has 1 heterocycles. The van der Waals surface area contributed by atoms with Gasteiger partial charge in [-0.1, -0.05) is 56.5 Å². The third kappa shape index (κ3) is 4.82. The van der Waals surface area contributed by atoms with Gasteiger partial charge in [0.15, 0.2) is 11.6 Å². The Bertz CT molecular complexity index is 539. The quantitative estimate of drug-likeness (QED) is 0.780. The lowest BCUT2D eigenvalue weighted by atomic mass is 10.0. The van der Waals surface area contributed by atoms with Crippen LogP contribution < -0.4 is 5.32 Å². The number of ketones is 2. The number of hydrogen-bond donors (Lipinski definition) is 1. The van der Waals surface area contributed by atoms with Crippen molar-refractivity contribution in [2.75, 3.05) is 12.3 Å². The highest BCUT2D eigenvalue weighted by atomic mass is 32.2. The van der Waals surface area contributed by atoms with Crippen LogP contribution >= 0.6 is 11.8 Å². The first-order chi connectivity index (χ1) is 10.7. The zero-order chi connectivity index (χ0) is 15.8. The molecule has 1 unspecified atom stereocenters. The van der Waals surface area contributed by atoms with Gasteiger partial charge in [-0.2, -0.15) is 0 Å². The largest absolute Gasteiger partial charge is 0.296 e. The molecule has 0 amide bonds. The van der Waals surface area contributed by atoms with Gasteiger partial charge in [0.1, 0.15) is 0 Å². The van der Waals surface area contributed by atoms with Crippen LogP contribution in [-0.2, 0) is 9.59 Å². The average molecular weight is 317 g/mol. The van der Waals surface area contributed by atoms with Gasteiger partial charge in [0.05, 0.1) is 17.5 Å². The van der Waals surface area contributed by atoms with Crippen LogP contribution in [-0.4, -0.2) is 23.9 Å². The van der Waals surface area contributed by atoms with Crippen LogP contribution in [0.1, 0.15) is 44.2 Å². The van der Waals surface area contributed by atoms with Crippen LogP contribution in [0, 0.1) is 0 Å². The topological polar surface area (TPSA) is 46.2 Å². The van der Waals surface area contributed by atoms with Crippen molar-refractivity contribution in [1.82, 2.24) is 5.32 Å². The van der Waals surface area contributed by atoms with Crippen LogP contribution in [0.5, 0.6) is 0 Å². The smallest absolute Gasteiger partial charge is 0.183 e.